The second kappa shape index (κ2) is 6.79. The third-order valence-corrected chi connectivity index (χ3v) is 6.12. The van der Waals surface area contributed by atoms with Crippen molar-refractivity contribution < 1.29 is 4.74 Å². The third-order valence-electron chi connectivity index (χ3n) is 6.12. The van der Waals surface area contributed by atoms with Crippen LogP contribution in [0.3, 0.4) is 0 Å². The van der Waals surface area contributed by atoms with Gasteiger partial charge in [-0.1, -0.05) is 39.0 Å². The van der Waals surface area contributed by atoms with Crippen molar-refractivity contribution in [3.05, 3.63) is 0 Å². The summed E-state index contributed by atoms with van der Waals surface area (Å²) in [5.41, 5.74) is 0.265. The molecule has 3 fully saturated rings. The van der Waals surface area contributed by atoms with Crippen LogP contribution in [-0.4, -0.2) is 24.3 Å². The van der Waals surface area contributed by atoms with Gasteiger partial charge in [0.1, 0.15) is 0 Å². The third kappa shape index (κ3) is 3.39. The molecule has 2 unspecified atom stereocenters. The molecule has 0 amide bonds. The van der Waals surface area contributed by atoms with Crippen LogP contribution in [0.5, 0.6) is 0 Å². The van der Waals surface area contributed by atoms with Gasteiger partial charge in [0, 0.05) is 18.7 Å². The monoisotopic (exact) mass is 279 g/mol. The molecule has 2 aliphatic carbocycles. The van der Waals surface area contributed by atoms with Crippen LogP contribution in [0.1, 0.15) is 84.0 Å². The van der Waals surface area contributed by atoms with E-state index in [1.807, 2.05) is 0 Å². The minimum absolute atomic E-state index is 0.265. The van der Waals surface area contributed by atoms with E-state index in [1.54, 1.807) is 0 Å². The Kier molecular flexibility index (Phi) is 5.04. The maximum atomic E-state index is 6.18. The zero-order valence-electron chi connectivity index (χ0n) is 13.3. The van der Waals surface area contributed by atoms with Gasteiger partial charge in [0.05, 0.1) is 5.60 Å². The van der Waals surface area contributed by atoms with Gasteiger partial charge in [-0.15, -0.1) is 0 Å². The van der Waals surface area contributed by atoms with Crippen LogP contribution in [-0.2, 0) is 4.74 Å². The number of hydrogen-bond acceptors (Lipinski definition) is 2. The van der Waals surface area contributed by atoms with E-state index >= 15 is 0 Å². The molecule has 1 N–H and O–H groups in total. The standard InChI is InChI=1S/C18H33NO/c1-2-17(15-8-4-3-5-9-15)19-16-10-13-20-18(14-16)11-6-7-12-18/h15-17,19H,2-14H2,1H3. The van der Waals surface area contributed by atoms with E-state index in [4.69, 9.17) is 4.74 Å². The number of hydrogen-bond donors (Lipinski definition) is 1. The van der Waals surface area contributed by atoms with Gasteiger partial charge in [-0.25, -0.2) is 0 Å². The lowest BCUT2D eigenvalue weighted by Crippen LogP contribution is -2.50. The van der Waals surface area contributed by atoms with E-state index in [1.165, 1.54) is 77.0 Å². The highest BCUT2D eigenvalue weighted by molar-refractivity contribution is 4.95. The van der Waals surface area contributed by atoms with E-state index in [0.29, 0.717) is 6.04 Å². The van der Waals surface area contributed by atoms with Crippen molar-refractivity contribution >= 4 is 0 Å². The molecule has 3 rings (SSSR count). The molecule has 1 saturated heterocycles. The molecule has 2 nitrogen and oxygen atoms in total. The summed E-state index contributed by atoms with van der Waals surface area (Å²) in [4.78, 5) is 0. The smallest absolute Gasteiger partial charge is 0.0697 e. The van der Waals surface area contributed by atoms with Crippen molar-refractivity contribution in [3.8, 4) is 0 Å². The lowest BCUT2D eigenvalue weighted by molar-refractivity contribution is -0.0856. The predicted octanol–water partition coefficient (Wildman–Crippen LogP) is 4.43. The summed E-state index contributed by atoms with van der Waals surface area (Å²) in [6, 6.07) is 1.48. The molecule has 0 bridgehead atoms. The van der Waals surface area contributed by atoms with Crippen molar-refractivity contribution in [2.75, 3.05) is 6.61 Å². The summed E-state index contributed by atoms with van der Waals surface area (Å²) in [7, 11) is 0. The number of nitrogens with one attached hydrogen (secondary N) is 1. The van der Waals surface area contributed by atoms with Crippen LogP contribution < -0.4 is 5.32 Å². The van der Waals surface area contributed by atoms with Crippen molar-refractivity contribution in [2.24, 2.45) is 5.92 Å². The Morgan fingerprint density at radius 3 is 2.50 bits per heavy atom. The second-order valence-electron chi connectivity index (χ2n) is 7.51. The van der Waals surface area contributed by atoms with Gasteiger partial charge in [-0.05, 0) is 50.9 Å². The molecule has 0 aromatic heterocycles. The zero-order chi connectivity index (χ0) is 13.8. The summed E-state index contributed by atoms with van der Waals surface area (Å²) in [6.45, 7) is 3.36. The Labute approximate surface area is 125 Å². The van der Waals surface area contributed by atoms with E-state index < -0.39 is 0 Å². The van der Waals surface area contributed by atoms with E-state index in [9.17, 15) is 0 Å². The maximum absolute atomic E-state index is 6.18. The Hall–Kier alpha value is -0.0800. The van der Waals surface area contributed by atoms with Gasteiger partial charge in [0.25, 0.3) is 0 Å². The first-order chi connectivity index (χ1) is 9.81. The highest BCUT2D eigenvalue weighted by atomic mass is 16.5. The molecular formula is C18H33NO. The second-order valence-corrected chi connectivity index (χ2v) is 7.51. The van der Waals surface area contributed by atoms with Crippen molar-refractivity contribution in [1.29, 1.82) is 0 Å². The van der Waals surface area contributed by atoms with Crippen LogP contribution >= 0.6 is 0 Å². The van der Waals surface area contributed by atoms with Gasteiger partial charge in [0.2, 0.25) is 0 Å². The highest BCUT2D eigenvalue weighted by Crippen LogP contribution is 2.40. The average Bonchev–Trinajstić information content (AvgIpc) is 2.93. The quantitative estimate of drug-likeness (QED) is 0.822. The van der Waals surface area contributed by atoms with Crippen LogP contribution in [0.15, 0.2) is 0 Å². The molecule has 1 spiro atoms. The lowest BCUT2D eigenvalue weighted by Gasteiger charge is -2.41. The molecule has 2 saturated carbocycles. The van der Waals surface area contributed by atoms with Crippen molar-refractivity contribution in [2.45, 2.75) is 102 Å². The summed E-state index contributed by atoms with van der Waals surface area (Å²) < 4.78 is 6.18. The van der Waals surface area contributed by atoms with Gasteiger partial charge in [-0.3, -0.25) is 0 Å². The maximum Gasteiger partial charge on any atom is 0.0697 e. The summed E-state index contributed by atoms with van der Waals surface area (Å²) in [6.07, 6.45) is 16.5. The van der Waals surface area contributed by atoms with Crippen LogP contribution in [0.25, 0.3) is 0 Å². The highest BCUT2D eigenvalue weighted by Gasteiger charge is 2.40. The van der Waals surface area contributed by atoms with Crippen LogP contribution in [0, 0.1) is 5.92 Å². The van der Waals surface area contributed by atoms with Crippen molar-refractivity contribution in [1.82, 2.24) is 5.32 Å². The summed E-state index contributed by atoms with van der Waals surface area (Å²) in [5.74, 6) is 0.941. The normalized spacial score (nSPS) is 32.5. The topological polar surface area (TPSA) is 21.3 Å². The predicted molar refractivity (Wildman–Crippen MR) is 84.0 cm³/mol. The summed E-state index contributed by atoms with van der Waals surface area (Å²) >= 11 is 0. The van der Waals surface area contributed by atoms with Crippen molar-refractivity contribution in [3.63, 3.8) is 0 Å². The number of rotatable bonds is 4. The Morgan fingerprint density at radius 2 is 1.80 bits per heavy atom. The molecule has 0 aromatic rings. The van der Waals surface area contributed by atoms with Gasteiger partial charge < -0.3 is 10.1 Å². The fraction of sp³-hybridized carbons (Fsp3) is 1.00. The van der Waals surface area contributed by atoms with Crippen LogP contribution in [0.4, 0.5) is 0 Å². The minimum atomic E-state index is 0.265. The Bertz CT molecular complexity index is 292. The molecule has 0 radical (unpaired) electrons. The SMILES string of the molecule is CCC(NC1CCOC2(CCCC2)C1)C1CCCCC1. The van der Waals surface area contributed by atoms with Gasteiger partial charge >= 0.3 is 0 Å². The van der Waals surface area contributed by atoms with E-state index in [0.717, 1.165) is 18.6 Å². The van der Waals surface area contributed by atoms with Gasteiger partial charge in [0.15, 0.2) is 0 Å². The number of ether oxygens (including phenoxy) is 1. The molecular weight excluding hydrogens is 246 g/mol. The molecule has 0 aromatic carbocycles. The average molecular weight is 279 g/mol. The van der Waals surface area contributed by atoms with Crippen LogP contribution in [0.2, 0.25) is 0 Å². The fourth-order valence-corrected chi connectivity index (χ4v) is 4.96. The first-order valence-electron chi connectivity index (χ1n) is 9.21. The Balaban J connectivity index is 1.54. The first-order valence-corrected chi connectivity index (χ1v) is 9.21. The molecule has 1 aliphatic heterocycles. The molecule has 1 heterocycles. The first kappa shape index (κ1) is 14.8. The van der Waals surface area contributed by atoms with E-state index in [2.05, 4.69) is 12.2 Å². The lowest BCUT2D eigenvalue weighted by atomic mass is 9.81. The zero-order valence-corrected chi connectivity index (χ0v) is 13.3. The largest absolute Gasteiger partial charge is 0.375 e. The minimum Gasteiger partial charge on any atom is -0.375 e. The fourth-order valence-electron chi connectivity index (χ4n) is 4.96. The van der Waals surface area contributed by atoms with Gasteiger partial charge in [-0.2, -0.15) is 0 Å². The molecule has 20 heavy (non-hydrogen) atoms. The molecule has 116 valence electrons. The molecule has 2 heteroatoms. The molecule has 2 atom stereocenters. The van der Waals surface area contributed by atoms with E-state index in [-0.39, 0.29) is 5.60 Å². The summed E-state index contributed by atoms with van der Waals surface area (Å²) in [5, 5.41) is 4.05. The Morgan fingerprint density at radius 1 is 1.05 bits per heavy atom. The molecule has 3 aliphatic rings.